The van der Waals surface area contributed by atoms with Crippen molar-refractivity contribution in [1.29, 1.82) is 0 Å². The van der Waals surface area contributed by atoms with E-state index in [4.69, 9.17) is 0 Å². The van der Waals surface area contributed by atoms with Crippen molar-refractivity contribution < 1.29 is 9.59 Å². The largest absolute Gasteiger partial charge is 0.342 e. The summed E-state index contributed by atoms with van der Waals surface area (Å²) in [6, 6.07) is 3.92. The van der Waals surface area contributed by atoms with Gasteiger partial charge >= 0.3 is 0 Å². The summed E-state index contributed by atoms with van der Waals surface area (Å²) in [6.07, 6.45) is 11.5. The minimum Gasteiger partial charge on any atom is -0.342 e. The Morgan fingerprint density at radius 2 is 2.08 bits per heavy atom. The standard InChI is InChI=1S/C20H27N3O2/c1-2-3-5-18(24)22-13-4-9-20(15-22)10-6-19(25)23(16-20)14-17-7-11-21-12-8-17/h2-3,7-8,11-12H,4-6,9-10,13-16H2,1H3/b3-2+/t20-/m1/s1. The second-order valence-electron chi connectivity index (χ2n) is 7.30. The third kappa shape index (κ3) is 4.27. The summed E-state index contributed by atoms with van der Waals surface area (Å²) >= 11 is 0. The van der Waals surface area contributed by atoms with Gasteiger partial charge in [-0.1, -0.05) is 12.2 Å². The van der Waals surface area contributed by atoms with Gasteiger partial charge in [0.15, 0.2) is 0 Å². The van der Waals surface area contributed by atoms with Gasteiger partial charge in [-0.2, -0.15) is 0 Å². The molecule has 0 saturated carbocycles. The van der Waals surface area contributed by atoms with Crippen LogP contribution in [0, 0.1) is 5.41 Å². The molecule has 0 radical (unpaired) electrons. The number of allylic oxidation sites excluding steroid dienone is 1. The molecule has 5 nitrogen and oxygen atoms in total. The lowest BCUT2D eigenvalue weighted by Gasteiger charge is -2.48. The van der Waals surface area contributed by atoms with Crippen molar-refractivity contribution in [2.45, 2.75) is 45.6 Å². The summed E-state index contributed by atoms with van der Waals surface area (Å²) in [7, 11) is 0. The van der Waals surface area contributed by atoms with Gasteiger partial charge in [-0.25, -0.2) is 0 Å². The Morgan fingerprint density at radius 1 is 1.28 bits per heavy atom. The second kappa shape index (κ2) is 7.81. The Bertz CT molecular complexity index is 644. The van der Waals surface area contributed by atoms with E-state index in [0.29, 0.717) is 19.4 Å². The van der Waals surface area contributed by atoms with Crippen LogP contribution in [0.1, 0.15) is 44.6 Å². The quantitative estimate of drug-likeness (QED) is 0.791. The van der Waals surface area contributed by atoms with Crippen LogP contribution in [0.15, 0.2) is 36.7 Å². The maximum atomic E-state index is 12.4. The average molecular weight is 341 g/mol. The lowest BCUT2D eigenvalue weighted by Crippen LogP contribution is -2.54. The van der Waals surface area contributed by atoms with Crippen molar-refractivity contribution in [1.82, 2.24) is 14.8 Å². The van der Waals surface area contributed by atoms with Crippen LogP contribution in [-0.4, -0.2) is 46.2 Å². The Balaban J connectivity index is 1.68. The molecule has 1 aromatic heterocycles. The first-order valence-electron chi connectivity index (χ1n) is 9.17. The van der Waals surface area contributed by atoms with Crippen LogP contribution in [0.4, 0.5) is 0 Å². The first-order valence-corrected chi connectivity index (χ1v) is 9.17. The predicted molar refractivity (Wildman–Crippen MR) is 96.6 cm³/mol. The van der Waals surface area contributed by atoms with Crippen molar-refractivity contribution in [3.8, 4) is 0 Å². The Kier molecular flexibility index (Phi) is 5.51. The highest BCUT2D eigenvalue weighted by atomic mass is 16.2. The third-order valence-electron chi connectivity index (χ3n) is 5.41. The lowest BCUT2D eigenvalue weighted by atomic mass is 9.73. The summed E-state index contributed by atoms with van der Waals surface area (Å²) < 4.78 is 0. The molecule has 2 aliphatic rings. The third-order valence-corrected chi connectivity index (χ3v) is 5.41. The summed E-state index contributed by atoms with van der Waals surface area (Å²) in [5.41, 5.74) is 1.17. The molecular weight excluding hydrogens is 314 g/mol. The van der Waals surface area contributed by atoms with Crippen LogP contribution in [0.3, 0.4) is 0 Å². The summed E-state index contributed by atoms with van der Waals surface area (Å²) in [4.78, 5) is 32.8. The van der Waals surface area contributed by atoms with E-state index in [0.717, 1.165) is 44.5 Å². The van der Waals surface area contributed by atoms with Crippen LogP contribution >= 0.6 is 0 Å². The van der Waals surface area contributed by atoms with Gasteiger partial charge in [0, 0.05) is 56.8 Å². The molecule has 0 unspecified atom stereocenters. The number of hydrogen-bond donors (Lipinski definition) is 0. The van der Waals surface area contributed by atoms with Gasteiger partial charge in [0.25, 0.3) is 0 Å². The van der Waals surface area contributed by atoms with Gasteiger partial charge in [0.05, 0.1) is 0 Å². The van der Waals surface area contributed by atoms with Crippen molar-refractivity contribution in [3.63, 3.8) is 0 Å². The van der Waals surface area contributed by atoms with E-state index in [1.165, 1.54) is 0 Å². The Labute approximate surface area is 149 Å². The highest BCUT2D eigenvalue weighted by Gasteiger charge is 2.42. The van der Waals surface area contributed by atoms with Crippen molar-refractivity contribution in [3.05, 3.63) is 42.2 Å². The number of carbonyl (C=O) groups is 2. The minimum atomic E-state index is 0.0603. The maximum Gasteiger partial charge on any atom is 0.226 e. The van der Waals surface area contributed by atoms with Crippen molar-refractivity contribution in [2.75, 3.05) is 19.6 Å². The number of amides is 2. The summed E-state index contributed by atoms with van der Waals surface area (Å²) in [6.45, 7) is 4.95. The summed E-state index contributed by atoms with van der Waals surface area (Å²) in [5.74, 6) is 0.426. The number of pyridine rings is 1. The van der Waals surface area contributed by atoms with Crippen molar-refractivity contribution in [2.24, 2.45) is 5.41 Å². The molecule has 0 N–H and O–H groups in total. The topological polar surface area (TPSA) is 53.5 Å². The van der Waals surface area contributed by atoms with Crippen LogP contribution < -0.4 is 0 Å². The Morgan fingerprint density at radius 3 is 2.84 bits per heavy atom. The number of aromatic nitrogens is 1. The number of hydrogen-bond acceptors (Lipinski definition) is 3. The van der Waals surface area contributed by atoms with Gasteiger partial charge in [0.1, 0.15) is 0 Å². The smallest absolute Gasteiger partial charge is 0.226 e. The fourth-order valence-corrected chi connectivity index (χ4v) is 4.06. The number of carbonyl (C=O) groups excluding carboxylic acids is 2. The molecule has 25 heavy (non-hydrogen) atoms. The van der Waals surface area contributed by atoms with E-state index in [9.17, 15) is 9.59 Å². The highest BCUT2D eigenvalue weighted by molar-refractivity contribution is 5.78. The predicted octanol–water partition coefficient (Wildman–Crippen LogP) is 2.78. The van der Waals surface area contributed by atoms with Gasteiger partial charge in [-0.15, -0.1) is 0 Å². The van der Waals surface area contributed by atoms with E-state index >= 15 is 0 Å². The van der Waals surface area contributed by atoms with E-state index in [1.54, 1.807) is 12.4 Å². The number of rotatable bonds is 4. The van der Waals surface area contributed by atoms with E-state index in [2.05, 4.69) is 4.98 Å². The zero-order valence-electron chi connectivity index (χ0n) is 15.0. The molecule has 0 aromatic carbocycles. The monoisotopic (exact) mass is 341 g/mol. The Hall–Kier alpha value is -2.17. The molecule has 0 bridgehead atoms. The molecule has 2 saturated heterocycles. The van der Waals surface area contributed by atoms with Crippen molar-refractivity contribution >= 4 is 11.8 Å². The SMILES string of the molecule is C/C=C/CC(=O)N1CCC[C@@]2(CCC(=O)N(Cc3ccncc3)C2)C1. The zero-order valence-corrected chi connectivity index (χ0v) is 15.0. The molecule has 5 heteroatoms. The highest BCUT2D eigenvalue weighted by Crippen LogP contribution is 2.39. The zero-order chi connectivity index (χ0) is 17.7. The number of nitrogens with zero attached hydrogens (tertiary/aromatic N) is 3. The number of piperidine rings is 2. The molecule has 1 spiro atoms. The molecule has 3 rings (SSSR count). The van der Waals surface area contributed by atoms with Gasteiger partial charge < -0.3 is 9.80 Å². The fourth-order valence-electron chi connectivity index (χ4n) is 4.06. The molecule has 0 aliphatic carbocycles. The van der Waals surface area contributed by atoms with Gasteiger partial charge in [-0.05, 0) is 43.9 Å². The first kappa shape index (κ1) is 17.6. The van der Waals surface area contributed by atoms with Gasteiger partial charge in [0.2, 0.25) is 11.8 Å². The first-order chi connectivity index (χ1) is 12.1. The van der Waals surface area contributed by atoms with Crippen LogP contribution in [0.5, 0.6) is 0 Å². The fraction of sp³-hybridized carbons (Fsp3) is 0.550. The lowest BCUT2D eigenvalue weighted by molar-refractivity contribution is -0.143. The van der Waals surface area contributed by atoms with E-state index in [-0.39, 0.29) is 17.2 Å². The van der Waals surface area contributed by atoms with Crippen LogP contribution in [0.2, 0.25) is 0 Å². The molecule has 3 heterocycles. The molecule has 1 atom stereocenters. The molecular formula is C20H27N3O2. The molecule has 2 amide bonds. The van der Waals surface area contributed by atoms with E-state index < -0.39 is 0 Å². The normalized spacial score (nSPS) is 24.3. The van der Waals surface area contributed by atoms with Crippen LogP contribution in [0.25, 0.3) is 0 Å². The molecule has 134 valence electrons. The maximum absolute atomic E-state index is 12.4. The van der Waals surface area contributed by atoms with Gasteiger partial charge in [-0.3, -0.25) is 14.6 Å². The molecule has 2 aliphatic heterocycles. The number of likely N-dealkylation sites (tertiary alicyclic amines) is 2. The second-order valence-corrected chi connectivity index (χ2v) is 7.30. The molecule has 1 aromatic rings. The molecule has 2 fully saturated rings. The van der Waals surface area contributed by atoms with E-state index in [1.807, 2.05) is 41.0 Å². The summed E-state index contributed by atoms with van der Waals surface area (Å²) in [5, 5.41) is 0. The average Bonchev–Trinajstić information content (AvgIpc) is 2.64. The minimum absolute atomic E-state index is 0.0603. The van der Waals surface area contributed by atoms with Crippen LogP contribution in [-0.2, 0) is 16.1 Å².